The highest BCUT2D eigenvalue weighted by Gasteiger charge is 2.11. The summed E-state index contributed by atoms with van der Waals surface area (Å²) < 4.78 is 8.13. The molecule has 9 heteroatoms. The van der Waals surface area contributed by atoms with Crippen LogP contribution in [0.1, 0.15) is 20.7 Å². The van der Waals surface area contributed by atoms with E-state index in [2.05, 4.69) is 19.4 Å². The van der Waals surface area contributed by atoms with Crippen LogP contribution in [0.15, 0.2) is 42.5 Å². The molecule has 3 aromatic rings. The van der Waals surface area contributed by atoms with Gasteiger partial charge in [0.15, 0.2) is 5.11 Å². The van der Waals surface area contributed by atoms with Gasteiger partial charge >= 0.3 is 0 Å². The normalized spacial score (nSPS) is 10.3. The van der Waals surface area contributed by atoms with Crippen molar-refractivity contribution in [3.63, 3.8) is 0 Å². The molecule has 0 saturated carbocycles. The van der Waals surface area contributed by atoms with Crippen molar-refractivity contribution in [2.75, 3.05) is 5.32 Å². The predicted molar refractivity (Wildman–Crippen MR) is 91.9 cm³/mol. The van der Waals surface area contributed by atoms with E-state index in [-0.39, 0.29) is 16.4 Å². The highest BCUT2D eigenvalue weighted by Crippen LogP contribution is 2.15. The van der Waals surface area contributed by atoms with Gasteiger partial charge in [0.1, 0.15) is 11.0 Å². The molecule has 0 fully saturated rings. The molecule has 2 aromatic carbocycles. The molecule has 0 spiro atoms. The monoisotopic (exact) mass is 357 g/mol. The number of carboxylic acids is 1. The molecule has 0 radical (unpaired) electrons. The summed E-state index contributed by atoms with van der Waals surface area (Å²) in [6.45, 7) is 0. The highest BCUT2D eigenvalue weighted by molar-refractivity contribution is 7.80. The fourth-order valence-corrected chi connectivity index (χ4v) is 2.74. The lowest BCUT2D eigenvalue weighted by atomic mass is 10.2. The summed E-state index contributed by atoms with van der Waals surface area (Å²) >= 11 is 6.12. The van der Waals surface area contributed by atoms with Crippen molar-refractivity contribution in [1.82, 2.24) is 14.1 Å². The second-order valence-electron chi connectivity index (χ2n) is 4.71. The molecule has 0 aliphatic rings. The minimum atomic E-state index is -1.34. The van der Waals surface area contributed by atoms with Gasteiger partial charge in [-0.3, -0.25) is 10.1 Å². The van der Waals surface area contributed by atoms with Gasteiger partial charge in [-0.25, -0.2) is 0 Å². The average Bonchev–Trinajstić information content (AvgIpc) is 3.02. The molecule has 0 bridgehead atoms. The second-order valence-corrected chi connectivity index (χ2v) is 5.65. The number of hydrogen-bond acceptors (Lipinski definition) is 7. The van der Waals surface area contributed by atoms with E-state index in [1.54, 1.807) is 30.3 Å². The summed E-state index contributed by atoms with van der Waals surface area (Å²) in [4.78, 5) is 23.3. The number of fused-ring (bicyclic) bond motifs is 1. The first kappa shape index (κ1) is 16.0. The van der Waals surface area contributed by atoms with Crippen molar-refractivity contribution in [3.8, 4) is 0 Å². The van der Waals surface area contributed by atoms with E-state index < -0.39 is 11.9 Å². The van der Waals surface area contributed by atoms with Crippen LogP contribution in [0, 0.1) is 0 Å². The number of amides is 1. The summed E-state index contributed by atoms with van der Waals surface area (Å²) in [7, 11) is 0. The maximum absolute atomic E-state index is 12.2. The first-order valence-electron chi connectivity index (χ1n) is 6.69. The van der Waals surface area contributed by atoms with Crippen LogP contribution in [0.2, 0.25) is 0 Å². The lowest BCUT2D eigenvalue weighted by Gasteiger charge is -2.13. The van der Waals surface area contributed by atoms with Gasteiger partial charge in [0.2, 0.25) is 0 Å². The molecule has 1 amide bonds. The molecule has 3 rings (SSSR count). The van der Waals surface area contributed by atoms with Crippen molar-refractivity contribution < 1.29 is 14.7 Å². The summed E-state index contributed by atoms with van der Waals surface area (Å²) in [5.74, 6) is -1.78. The van der Waals surface area contributed by atoms with Gasteiger partial charge in [-0.05, 0) is 36.5 Å². The molecular weight excluding hydrogens is 348 g/mol. The molecule has 1 aromatic heterocycles. The van der Waals surface area contributed by atoms with E-state index in [1.165, 1.54) is 12.1 Å². The number of nitrogens with one attached hydrogen (secondary N) is 2. The molecule has 1 heterocycles. The Kier molecular flexibility index (Phi) is 4.45. The number of para-hydroxylation sites is 1. The number of benzene rings is 2. The second kappa shape index (κ2) is 6.69. The average molecular weight is 357 g/mol. The Morgan fingerprint density at radius 2 is 1.83 bits per heavy atom. The molecule has 0 aliphatic heterocycles. The van der Waals surface area contributed by atoms with Crippen molar-refractivity contribution >= 4 is 57.7 Å². The molecule has 0 unspecified atom stereocenters. The summed E-state index contributed by atoms with van der Waals surface area (Å²) in [6, 6.07) is 11.0. The smallest absolute Gasteiger partial charge is 0.257 e. The Hall–Kier alpha value is -2.91. The first-order chi connectivity index (χ1) is 11.5. The third kappa shape index (κ3) is 3.36. The number of nitrogens with zero attached hydrogens (tertiary/aromatic N) is 2. The van der Waals surface area contributed by atoms with Crippen molar-refractivity contribution in [2.45, 2.75) is 0 Å². The fourth-order valence-electron chi connectivity index (χ4n) is 2.02. The topological polar surface area (TPSA) is 107 Å². The number of aromatic carboxylic acids is 1. The molecular formula is C15H9N4O3S2-. The Bertz CT molecular complexity index is 955. The van der Waals surface area contributed by atoms with E-state index in [0.29, 0.717) is 16.6 Å². The number of rotatable bonds is 3. The zero-order valence-corrected chi connectivity index (χ0v) is 13.6. The molecule has 0 atom stereocenters. The molecule has 120 valence electrons. The fraction of sp³-hybridized carbons (Fsp3) is 0. The summed E-state index contributed by atoms with van der Waals surface area (Å²) in [5.41, 5.74) is 1.88. The van der Waals surface area contributed by atoms with Crippen molar-refractivity contribution in [2.24, 2.45) is 0 Å². The summed E-state index contributed by atoms with van der Waals surface area (Å²) in [6.07, 6.45) is 0. The Morgan fingerprint density at radius 1 is 1.08 bits per heavy atom. The number of carboxylic acid groups (broad SMARTS) is 1. The van der Waals surface area contributed by atoms with E-state index in [4.69, 9.17) is 12.2 Å². The third-order valence-electron chi connectivity index (χ3n) is 3.14. The number of anilines is 1. The van der Waals surface area contributed by atoms with Crippen LogP contribution in [0.25, 0.3) is 11.0 Å². The van der Waals surface area contributed by atoms with E-state index in [1.807, 2.05) is 0 Å². The quantitative estimate of drug-likeness (QED) is 0.678. The van der Waals surface area contributed by atoms with Gasteiger partial charge < -0.3 is 15.2 Å². The SMILES string of the molecule is O=C(NC(=S)Nc1ccccc1C(=O)[O-])c1ccc2nsnc2c1. The van der Waals surface area contributed by atoms with Crippen LogP contribution in [0.4, 0.5) is 5.69 Å². The Morgan fingerprint density at radius 3 is 2.62 bits per heavy atom. The van der Waals surface area contributed by atoms with Gasteiger partial charge in [-0.2, -0.15) is 8.75 Å². The maximum atomic E-state index is 12.2. The zero-order chi connectivity index (χ0) is 17.1. The first-order valence-corrected chi connectivity index (χ1v) is 7.83. The molecule has 2 N–H and O–H groups in total. The van der Waals surface area contributed by atoms with Crippen LogP contribution in [-0.4, -0.2) is 25.7 Å². The minimum absolute atomic E-state index is 0.0230. The number of carbonyl (C=O) groups excluding carboxylic acids is 2. The molecule has 0 aliphatic carbocycles. The van der Waals surface area contributed by atoms with Crippen LogP contribution in [-0.2, 0) is 0 Å². The van der Waals surface area contributed by atoms with Gasteiger partial charge in [-0.1, -0.05) is 18.2 Å². The molecule has 7 nitrogen and oxygen atoms in total. The van der Waals surface area contributed by atoms with Crippen LogP contribution in [0.5, 0.6) is 0 Å². The van der Waals surface area contributed by atoms with E-state index in [0.717, 1.165) is 11.7 Å². The largest absolute Gasteiger partial charge is 0.545 e. The van der Waals surface area contributed by atoms with Gasteiger partial charge in [0.25, 0.3) is 5.91 Å². The standard InChI is InChI=1S/C15H10N4O3S2/c20-13(8-5-6-11-12(7-8)19-24-18-11)17-15(23)16-10-4-2-1-3-9(10)14(21)22/h1-7H,(H,21,22)(H2,16,17,20,23)/p-1. The number of carbonyl (C=O) groups is 2. The number of thiocarbonyl (C=S) groups is 1. The van der Waals surface area contributed by atoms with Gasteiger partial charge in [-0.15, -0.1) is 0 Å². The summed E-state index contributed by atoms with van der Waals surface area (Å²) in [5, 5.41) is 16.2. The van der Waals surface area contributed by atoms with Gasteiger partial charge in [0.05, 0.1) is 17.7 Å². The molecule has 24 heavy (non-hydrogen) atoms. The Labute approximate surface area is 145 Å². The van der Waals surface area contributed by atoms with E-state index >= 15 is 0 Å². The Balaban J connectivity index is 1.72. The predicted octanol–water partition coefficient (Wildman–Crippen LogP) is 1.18. The minimum Gasteiger partial charge on any atom is -0.545 e. The van der Waals surface area contributed by atoms with Crippen LogP contribution in [0.3, 0.4) is 0 Å². The zero-order valence-electron chi connectivity index (χ0n) is 12.0. The molecule has 0 saturated heterocycles. The third-order valence-corrected chi connectivity index (χ3v) is 3.90. The lowest BCUT2D eigenvalue weighted by molar-refractivity contribution is -0.254. The number of hydrogen-bond donors (Lipinski definition) is 2. The van der Waals surface area contributed by atoms with E-state index in [9.17, 15) is 14.7 Å². The lowest BCUT2D eigenvalue weighted by Crippen LogP contribution is -2.35. The maximum Gasteiger partial charge on any atom is 0.257 e. The van der Waals surface area contributed by atoms with Crippen LogP contribution < -0.4 is 15.7 Å². The number of aromatic nitrogens is 2. The van der Waals surface area contributed by atoms with Crippen molar-refractivity contribution in [1.29, 1.82) is 0 Å². The van der Waals surface area contributed by atoms with Crippen LogP contribution >= 0.6 is 23.9 Å². The highest BCUT2D eigenvalue weighted by atomic mass is 32.1. The van der Waals surface area contributed by atoms with Gasteiger partial charge in [0, 0.05) is 16.8 Å². The van der Waals surface area contributed by atoms with Crippen molar-refractivity contribution in [3.05, 3.63) is 53.6 Å².